The van der Waals surface area contributed by atoms with E-state index in [-0.39, 0.29) is 11.7 Å². The molecule has 0 aromatic rings. The van der Waals surface area contributed by atoms with Gasteiger partial charge in [0.05, 0.1) is 13.2 Å². The fraction of sp³-hybridized carbons (Fsp3) is 0.909. The Morgan fingerprint density at radius 2 is 1.94 bits per heavy atom. The molecule has 16 heavy (non-hydrogen) atoms. The van der Waals surface area contributed by atoms with E-state index in [2.05, 4.69) is 0 Å². The summed E-state index contributed by atoms with van der Waals surface area (Å²) in [5, 5.41) is 0. The van der Waals surface area contributed by atoms with E-state index in [9.17, 15) is 4.79 Å². The second-order valence-corrected chi connectivity index (χ2v) is 5.22. The van der Waals surface area contributed by atoms with E-state index in [1.54, 1.807) is 11.8 Å². The molecule has 2 aliphatic heterocycles. The Bertz CT molecular complexity index is 244. The van der Waals surface area contributed by atoms with E-state index in [1.165, 1.54) is 0 Å². The van der Waals surface area contributed by atoms with Gasteiger partial charge in [-0.15, -0.1) is 0 Å². The van der Waals surface area contributed by atoms with Crippen molar-refractivity contribution in [3.05, 3.63) is 0 Å². The fourth-order valence-corrected chi connectivity index (χ4v) is 2.61. The molecular weight excluding hydrogens is 226 g/mol. The van der Waals surface area contributed by atoms with Crippen molar-refractivity contribution in [2.45, 2.75) is 25.0 Å². The van der Waals surface area contributed by atoms with Crippen molar-refractivity contribution in [3.8, 4) is 0 Å². The molecule has 2 aliphatic rings. The van der Waals surface area contributed by atoms with Gasteiger partial charge in [-0.05, 0) is 6.26 Å². The Morgan fingerprint density at radius 3 is 2.50 bits per heavy atom. The van der Waals surface area contributed by atoms with Crippen LogP contribution in [0.15, 0.2) is 0 Å². The minimum Gasteiger partial charge on any atom is -0.347 e. The highest BCUT2D eigenvalue weighted by Gasteiger charge is 2.40. The predicted octanol–water partition coefficient (Wildman–Crippen LogP) is 1.10. The molecule has 5 heteroatoms. The van der Waals surface area contributed by atoms with Gasteiger partial charge in [-0.2, -0.15) is 11.8 Å². The van der Waals surface area contributed by atoms with Gasteiger partial charge in [0.15, 0.2) is 5.79 Å². The van der Waals surface area contributed by atoms with Crippen molar-refractivity contribution in [2.24, 2.45) is 0 Å². The van der Waals surface area contributed by atoms with Crippen molar-refractivity contribution in [1.29, 1.82) is 0 Å². The SMILES string of the molecule is CSCCC(=O)N1CCC2(CC1)OCCO2. The Hall–Kier alpha value is -0.260. The van der Waals surface area contributed by atoms with Gasteiger partial charge in [-0.1, -0.05) is 0 Å². The second kappa shape index (κ2) is 5.38. The summed E-state index contributed by atoms with van der Waals surface area (Å²) < 4.78 is 11.3. The number of amides is 1. The molecule has 0 aromatic heterocycles. The summed E-state index contributed by atoms with van der Waals surface area (Å²) in [5.41, 5.74) is 0. The Kier molecular flexibility index (Phi) is 4.10. The van der Waals surface area contributed by atoms with Gasteiger partial charge in [0.25, 0.3) is 0 Å². The van der Waals surface area contributed by atoms with E-state index >= 15 is 0 Å². The van der Waals surface area contributed by atoms with E-state index in [4.69, 9.17) is 9.47 Å². The number of hydrogen-bond acceptors (Lipinski definition) is 4. The standard InChI is InChI=1S/C11H19NO3S/c1-16-9-2-10(13)12-5-3-11(4-6-12)14-7-8-15-11/h2-9H2,1H3. The predicted molar refractivity (Wildman–Crippen MR) is 63.4 cm³/mol. The minimum absolute atomic E-state index is 0.266. The number of ether oxygens (including phenoxy) is 2. The van der Waals surface area contributed by atoms with Crippen LogP contribution in [-0.2, 0) is 14.3 Å². The molecule has 0 radical (unpaired) electrons. The topological polar surface area (TPSA) is 38.8 Å². The number of likely N-dealkylation sites (tertiary alicyclic amines) is 1. The summed E-state index contributed by atoms with van der Waals surface area (Å²) in [6.07, 6.45) is 4.31. The first kappa shape index (κ1) is 12.2. The summed E-state index contributed by atoms with van der Waals surface area (Å²) in [7, 11) is 0. The van der Waals surface area contributed by atoms with Gasteiger partial charge in [-0.3, -0.25) is 4.79 Å². The number of rotatable bonds is 3. The summed E-state index contributed by atoms with van der Waals surface area (Å²) in [4.78, 5) is 13.7. The van der Waals surface area contributed by atoms with Crippen LogP contribution >= 0.6 is 11.8 Å². The van der Waals surface area contributed by atoms with E-state index in [1.807, 2.05) is 11.2 Å². The summed E-state index contributed by atoms with van der Waals surface area (Å²) in [5.74, 6) is 0.811. The summed E-state index contributed by atoms with van der Waals surface area (Å²) in [6.45, 7) is 2.93. The molecule has 1 amide bonds. The average molecular weight is 245 g/mol. The Morgan fingerprint density at radius 1 is 1.31 bits per heavy atom. The van der Waals surface area contributed by atoms with Gasteiger partial charge < -0.3 is 14.4 Å². The second-order valence-electron chi connectivity index (χ2n) is 4.23. The molecule has 92 valence electrons. The van der Waals surface area contributed by atoms with Gasteiger partial charge >= 0.3 is 0 Å². The van der Waals surface area contributed by atoms with Crippen LogP contribution in [0.1, 0.15) is 19.3 Å². The maximum atomic E-state index is 11.8. The molecule has 2 rings (SSSR count). The van der Waals surface area contributed by atoms with Crippen molar-refractivity contribution >= 4 is 17.7 Å². The van der Waals surface area contributed by atoms with Gasteiger partial charge in [0.1, 0.15) is 0 Å². The smallest absolute Gasteiger partial charge is 0.223 e. The first-order valence-corrected chi connectivity index (χ1v) is 7.20. The Labute approximate surface area is 101 Å². The zero-order chi connectivity index (χ0) is 11.4. The fourth-order valence-electron chi connectivity index (χ4n) is 2.23. The maximum absolute atomic E-state index is 11.8. The van der Waals surface area contributed by atoms with E-state index in [0.29, 0.717) is 19.6 Å². The van der Waals surface area contributed by atoms with Crippen LogP contribution in [0.4, 0.5) is 0 Å². The van der Waals surface area contributed by atoms with Crippen LogP contribution in [-0.4, -0.2) is 54.9 Å². The maximum Gasteiger partial charge on any atom is 0.223 e. The van der Waals surface area contributed by atoms with Gasteiger partial charge in [-0.25, -0.2) is 0 Å². The third-order valence-corrected chi connectivity index (χ3v) is 3.82. The molecule has 0 aliphatic carbocycles. The number of hydrogen-bond donors (Lipinski definition) is 0. The van der Waals surface area contributed by atoms with Crippen LogP contribution in [0.25, 0.3) is 0 Å². The highest BCUT2D eigenvalue weighted by atomic mass is 32.2. The number of piperidine rings is 1. The van der Waals surface area contributed by atoms with Crippen LogP contribution in [0.5, 0.6) is 0 Å². The third kappa shape index (κ3) is 2.70. The molecule has 2 heterocycles. The molecule has 0 aromatic carbocycles. The number of carbonyl (C=O) groups is 1. The van der Waals surface area contributed by atoms with Crippen LogP contribution in [0.3, 0.4) is 0 Å². The zero-order valence-corrected chi connectivity index (χ0v) is 10.6. The molecule has 0 bridgehead atoms. The lowest BCUT2D eigenvalue weighted by molar-refractivity contribution is -0.187. The molecule has 0 unspecified atom stereocenters. The third-order valence-electron chi connectivity index (χ3n) is 3.21. The molecule has 2 fully saturated rings. The lowest BCUT2D eigenvalue weighted by Gasteiger charge is -2.37. The van der Waals surface area contributed by atoms with E-state index in [0.717, 1.165) is 31.7 Å². The minimum atomic E-state index is -0.365. The number of nitrogens with zero attached hydrogens (tertiary/aromatic N) is 1. The highest BCUT2D eigenvalue weighted by Crippen LogP contribution is 2.31. The van der Waals surface area contributed by atoms with E-state index < -0.39 is 0 Å². The lowest BCUT2D eigenvalue weighted by Crippen LogP contribution is -2.47. The highest BCUT2D eigenvalue weighted by molar-refractivity contribution is 7.98. The summed E-state index contributed by atoms with van der Waals surface area (Å²) >= 11 is 1.72. The molecule has 0 atom stereocenters. The van der Waals surface area contributed by atoms with Crippen molar-refractivity contribution < 1.29 is 14.3 Å². The Balaban J connectivity index is 1.78. The zero-order valence-electron chi connectivity index (χ0n) is 9.74. The van der Waals surface area contributed by atoms with Gasteiger partial charge in [0, 0.05) is 38.1 Å². The van der Waals surface area contributed by atoms with Crippen molar-refractivity contribution in [3.63, 3.8) is 0 Å². The van der Waals surface area contributed by atoms with Crippen LogP contribution in [0, 0.1) is 0 Å². The first-order valence-electron chi connectivity index (χ1n) is 5.80. The monoisotopic (exact) mass is 245 g/mol. The molecule has 0 saturated carbocycles. The molecule has 1 spiro atoms. The average Bonchev–Trinajstić information content (AvgIpc) is 2.75. The molecular formula is C11H19NO3S. The van der Waals surface area contributed by atoms with Gasteiger partial charge in [0.2, 0.25) is 5.91 Å². The number of thioether (sulfide) groups is 1. The largest absolute Gasteiger partial charge is 0.347 e. The quantitative estimate of drug-likeness (QED) is 0.746. The van der Waals surface area contributed by atoms with Crippen LogP contribution in [0.2, 0.25) is 0 Å². The lowest BCUT2D eigenvalue weighted by atomic mass is 10.0. The molecule has 0 N–H and O–H groups in total. The molecule has 2 saturated heterocycles. The normalized spacial score (nSPS) is 23.9. The van der Waals surface area contributed by atoms with Crippen LogP contribution < -0.4 is 0 Å². The van der Waals surface area contributed by atoms with Crippen molar-refractivity contribution in [1.82, 2.24) is 4.90 Å². The summed E-state index contributed by atoms with van der Waals surface area (Å²) in [6, 6.07) is 0. The first-order chi connectivity index (χ1) is 7.76. The molecule has 4 nitrogen and oxygen atoms in total. The number of carbonyl (C=O) groups excluding carboxylic acids is 1. The van der Waals surface area contributed by atoms with Crippen molar-refractivity contribution in [2.75, 3.05) is 38.3 Å².